The maximum absolute atomic E-state index is 12.8. The monoisotopic (exact) mass is 431 g/mol. The van der Waals surface area contributed by atoms with Crippen molar-refractivity contribution in [2.24, 2.45) is 0 Å². The van der Waals surface area contributed by atoms with Crippen molar-refractivity contribution in [3.63, 3.8) is 0 Å². The van der Waals surface area contributed by atoms with Crippen LogP contribution in [0.4, 0.5) is 0 Å². The lowest BCUT2D eigenvalue weighted by atomic mass is 10.1. The van der Waals surface area contributed by atoms with Crippen molar-refractivity contribution in [2.75, 3.05) is 34.5 Å². The third kappa shape index (κ3) is 4.83. The van der Waals surface area contributed by atoms with Crippen molar-refractivity contribution in [1.82, 2.24) is 4.90 Å². The van der Waals surface area contributed by atoms with Gasteiger partial charge in [0, 0.05) is 0 Å². The number of thioether (sulfide) groups is 1. The van der Waals surface area contributed by atoms with Crippen molar-refractivity contribution in [2.45, 2.75) is 0 Å². The standard InChI is InChI=1S/C21H21NO5S2/c1-24-16-11-14(12-17(25-2)19(16)26-3)13-18-20(23)22(21(28)29-18)9-10-27-15-7-5-4-6-8-15/h4-8,11-13H,9-10H2,1-3H3/b18-13-. The predicted octanol–water partition coefficient (Wildman–Crippen LogP) is 3.99. The summed E-state index contributed by atoms with van der Waals surface area (Å²) < 4.78 is 22.3. The lowest BCUT2D eigenvalue weighted by molar-refractivity contribution is -0.122. The lowest BCUT2D eigenvalue weighted by Gasteiger charge is -2.15. The molecule has 152 valence electrons. The minimum absolute atomic E-state index is 0.148. The average molecular weight is 432 g/mol. The third-order valence-corrected chi connectivity index (χ3v) is 5.56. The third-order valence-electron chi connectivity index (χ3n) is 4.19. The number of hydrogen-bond donors (Lipinski definition) is 0. The molecule has 6 nitrogen and oxygen atoms in total. The van der Waals surface area contributed by atoms with E-state index in [0.717, 1.165) is 11.3 Å². The molecule has 2 aromatic carbocycles. The highest BCUT2D eigenvalue weighted by atomic mass is 32.2. The number of carbonyl (C=O) groups excluding carboxylic acids is 1. The summed E-state index contributed by atoms with van der Waals surface area (Å²) in [5.41, 5.74) is 0.750. The van der Waals surface area contributed by atoms with Crippen LogP contribution in [0.25, 0.3) is 6.08 Å². The van der Waals surface area contributed by atoms with Gasteiger partial charge in [0.1, 0.15) is 16.7 Å². The number of thiocarbonyl (C=S) groups is 1. The number of benzene rings is 2. The molecule has 0 aromatic heterocycles. The van der Waals surface area contributed by atoms with E-state index in [1.54, 1.807) is 44.4 Å². The molecule has 3 rings (SSSR count). The van der Waals surface area contributed by atoms with Crippen LogP contribution in [0.3, 0.4) is 0 Å². The van der Waals surface area contributed by atoms with E-state index in [1.807, 2.05) is 30.3 Å². The Morgan fingerprint density at radius 1 is 1.03 bits per heavy atom. The van der Waals surface area contributed by atoms with E-state index in [1.165, 1.54) is 11.8 Å². The second kappa shape index (κ2) is 9.67. The predicted molar refractivity (Wildman–Crippen MR) is 118 cm³/mol. The number of carbonyl (C=O) groups is 1. The van der Waals surface area contributed by atoms with Crippen molar-refractivity contribution in [3.8, 4) is 23.0 Å². The van der Waals surface area contributed by atoms with Gasteiger partial charge in [-0.2, -0.15) is 0 Å². The molecular formula is C21H21NO5S2. The van der Waals surface area contributed by atoms with Crippen molar-refractivity contribution in [3.05, 3.63) is 52.9 Å². The molecule has 0 unspecified atom stereocenters. The van der Waals surface area contributed by atoms with Gasteiger partial charge in [0.15, 0.2) is 11.5 Å². The van der Waals surface area contributed by atoms with E-state index in [0.29, 0.717) is 39.6 Å². The van der Waals surface area contributed by atoms with Crippen LogP contribution in [0.5, 0.6) is 23.0 Å². The summed E-state index contributed by atoms with van der Waals surface area (Å²) in [5, 5.41) is 0. The molecular weight excluding hydrogens is 410 g/mol. The molecule has 1 amide bonds. The zero-order chi connectivity index (χ0) is 20.8. The van der Waals surface area contributed by atoms with Gasteiger partial charge < -0.3 is 18.9 Å². The molecule has 0 bridgehead atoms. The first-order valence-electron chi connectivity index (χ1n) is 8.80. The molecule has 29 heavy (non-hydrogen) atoms. The Balaban J connectivity index is 1.74. The summed E-state index contributed by atoms with van der Waals surface area (Å²) in [6.45, 7) is 0.736. The van der Waals surface area contributed by atoms with E-state index in [9.17, 15) is 4.79 Å². The summed E-state index contributed by atoms with van der Waals surface area (Å²) in [6.07, 6.45) is 1.77. The van der Waals surface area contributed by atoms with E-state index >= 15 is 0 Å². The smallest absolute Gasteiger partial charge is 0.266 e. The van der Waals surface area contributed by atoms with Gasteiger partial charge in [-0.1, -0.05) is 42.2 Å². The summed E-state index contributed by atoms with van der Waals surface area (Å²) >= 11 is 6.64. The maximum Gasteiger partial charge on any atom is 0.266 e. The topological polar surface area (TPSA) is 57.2 Å². The largest absolute Gasteiger partial charge is 0.493 e. The number of hydrogen-bond acceptors (Lipinski definition) is 7. The minimum Gasteiger partial charge on any atom is -0.493 e. The Morgan fingerprint density at radius 3 is 2.28 bits per heavy atom. The first kappa shape index (κ1) is 21.0. The van der Waals surface area contributed by atoms with E-state index in [2.05, 4.69) is 0 Å². The van der Waals surface area contributed by atoms with Gasteiger partial charge in [0.05, 0.1) is 32.8 Å². The highest BCUT2D eigenvalue weighted by Crippen LogP contribution is 2.40. The molecule has 1 saturated heterocycles. The van der Waals surface area contributed by atoms with Gasteiger partial charge in [-0.3, -0.25) is 9.69 Å². The second-order valence-corrected chi connectivity index (χ2v) is 7.63. The van der Waals surface area contributed by atoms with E-state index in [4.69, 9.17) is 31.2 Å². The molecule has 0 radical (unpaired) electrons. The van der Waals surface area contributed by atoms with Crippen LogP contribution in [0, 0.1) is 0 Å². The van der Waals surface area contributed by atoms with Gasteiger partial charge in [-0.25, -0.2) is 0 Å². The zero-order valence-corrected chi connectivity index (χ0v) is 18.0. The molecule has 0 saturated carbocycles. The molecule has 2 aromatic rings. The quantitative estimate of drug-likeness (QED) is 0.463. The Hall–Kier alpha value is -2.71. The number of methoxy groups -OCH3 is 3. The van der Waals surface area contributed by atoms with E-state index < -0.39 is 0 Å². The fourth-order valence-electron chi connectivity index (χ4n) is 2.80. The Labute approximate surface area is 179 Å². The summed E-state index contributed by atoms with van der Waals surface area (Å²) in [7, 11) is 4.64. The maximum atomic E-state index is 12.8. The van der Waals surface area contributed by atoms with Crippen molar-refractivity contribution >= 4 is 40.3 Å². The van der Waals surface area contributed by atoms with E-state index in [-0.39, 0.29) is 5.91 Å². The molecule has 0 atom stereocenters. The normalized spacial score (nSPS) is 15.0. The first-order valence-corrected chi connectivity index (χ1v) is 10.0. The number of amides is 1. The lowest BCUT2D eigenvalue weighted by Crippen LogP contribution is -2.32. The van der Waals surface area contributed by atoms with Crippen LogP contribution in [0.1, 0.15) is 5.56 Å². The SMILES string of the molecule is COc1cc(/C=C2\SC(=S)N(CCOc3ccccc3)C2=O)cc(OC)c1OC. The van der Waals surface area contributed by atoms with Crippen LogP contribution in [0.15, 0.2) is 47.4 Å². The van der Waals surface area contributed by atoms with Gasteiger partial charge in [0.25, 0.3) is 5.91 Å². The zero-order valence-electron chi connectivity index (χ0n) is 16.3. The van der Waals surface area contributed by atoms with Crippen LogP contribution in [0.2, 0.25) is 0 Å². The Morgan fingerprint density at radius 2 is 1.69 bits per heavy atom. The van der Waals surface area contributed by atoms with Gasteiger partial charge in [0.2, 0.25) is 5.75 Å². The van der Waals surface area contributed by atoms with Crippen molar-refractivity contribution in [1.29, 1.82) is 0 Å². The average Bonchev–Trinajstić information content (AvgIpc) is 3.01. The minimum atomic E-state index is -0.148. The Bertz CT molecular complexity index is 905. The fraction of sp³-hybridized carbons (Fsp3) is 0.238. The molecule has 0 N–H and O–H groups in total. The molecule has 1 aliphatic heterocycles. The van der Waals surface area contributed by atoms with Gasteiger partial charge in [-0.15, -0.1) is 0 Å². The summed E-state index contributed by atoms with van der Waals surface area (Å²) in [5.74, 6) is 2.14. The van der Waals surface area contributed by atoms with Gasteiger partial charge >= 0.3 is 0 Å². The molecule has 0 spiro atoms. The van der Waals surface area contributed by atoms with Crippen LogP contribution < -0.4 is 18.9 Å². The van der Waals surface area contributed by atoms with Crippen LogP contribution in [-0.4, -0.2) is 49.6 Å². The fourth-order valence-corrected chi connectivity index (χ4v) is 4.11. The van der Waals surface area contributed by atoms with Crippen LogP contribution in [-0.2, 0) is 4.79 Å². The first-order chi connectivity index (χ1) is 14.1. The number of nitrogens with zero attached hydrogens (tertiary/aromatic N) is 1. The van der Waals surface area contributed by atoms with Crippen molar-refractivity contribution < 1.29 is 23.7 Å². The van der Waals surface area contributed by atoms with Crippen LogP contribution >= 0.6 is 24.0 Å². The Kier molecular flexibility index (Phi) is 7.00. The number of rotatable bonds is 8. The molecule has 1 fully saturated rings. The molecule has 1 aliphatic rings. The number of ether oxygens (including phenoxy) is 4. The molecule has 0 aliphatic carbocycles. The molecule has 1 heterocycles. The summed E-state index contributed by atoms with van der Waals surface area (Å²) in [4.78, 5) is 14.9. The molecule has 8 heteroatoms. The highest BCUT2D eigenvalue weighted by Gasteiger charge is 2.32. The second-order valence-electron chi connectivity index (χ2n) is 5.95. The number of para-hydroxylation sites is 1. The highest BCUT2D eigenvalue weighted by molar-refractivity contribution is 8.26. The van der Waals surface area contributed by atoms with Gasteiger partial charge in [-0.05, 0) is 35.9 Å². The summed E-state index contributed by atoms with van der Waals surface area (Å²) in [6, 6.07) is 13.0.